The molecule has 20 heavy (non-hydrogen) atoms. The molecule has 0 saturated carbocycles. The fourth-order valence-electron chi connectivity index (χ4n) is 1.28. The summed E-state index contributed by atoms with van der Waals surface area (Å²) < 4.78 is 43.3. The van der Waals surface area contributed by atoms with E-state index < -0.39 is 37.3 Å². The van der Waals surface area contributed by atoms with Crippen LogP contribution in [0.1, 0.15) is 6.42 Å². The number of non-ortho nitro benzene ring substituents is 1. The molecule has 0 saturated heterocycles. The van der Waals surface area contributed by atoms with Crippen molar-refractivity contribution in [3.63, 3.8) is 0 Å². The normalized spacial score (nSPS) is 11.1. The lowest BCUT2D eigenvalue weighted by molar-refractivity contribution is -0.385. The van der Waals surface area contributed by atoms with E-state index >= 15 is 0 Å². The standard InChI is InChI=1S/C10H11FN2O6S/c1-19-10(14)4-5-12-20(17,18)9-6-7(13(15)16)2-3-8(9)11/h2-3,6,12H,4-5H2,1H3. The van der Waals surface area contributed by atoms with Crippen molar-refractivity contribution in [2.45, 2.75) is 11.3 Å². The van der Waals surface area contributed by atoms with E-state index in [1.54, 1.807) is 0 Å². The second-order valence-electron chi connectivity index (χ2n) is 3.60. The third kappa shape index (κ3) is 3.96. The van der Waals surface area contributed by atoms with Crippen molar-refractivity contribution in [2.24, 2.45) is 0 Å². The van der Waals surface area contributed by atoms with Gasteiger partial charge in [-0.25, -0.2) is 17.5 Å². The fourth-order valence-corrected chi connectivity index (χ4v) is 2.41. The summed E-state index contributed by atoms with van der Waals surface area (Å²) in [6, 6.07) is 2.14. The number of hydrogen-bond donors (Lipinski definition) is 1. The molecule has 0 atom stereocenters. The molecule has 0 fully saturated rings. The number of nitrogens with zero attached hydrogens (tertiary/aromatic N) is 1. The molecule has 0 aliphatic carbocycles. The summed E-state index contributed by atoms with van der Waals surface area (Å²) in [7, 11) is -3.15. The van der Waals surface area contributed by atoms with Gasteiger partial charge < -0.3 is 4.74 Å². The van der Waals surface area contributed by atoms with Gasteiger partial charge in [0.15, 0.2) is 0 Å². The molecule has 8 nitrogen and oxygen atoms in total. The maximum Gasteiger partial charge on any atom is 0.306 e. The van der Waals surface area contributed by atoms with Gasteiger partial charge in [-0.2, -0.15) is 0 Å². The molecule has 1 aromatic rings. The number of carbonyl (C=O) groups is 1. The second kappa shape index (κ2) is 6.39. The number of sulfonamides is 1. The Bertz CT molecular complexity index is 631. The number of rotatable bonds is 6. The van der Waals surface area contributed by atoms with Gasteiger partial charge in [-0.15, -0.1) is 0 Å². The Labute approximate surface area is 113 Å². The predicted octanol–water partition coefficient (Wildman–Crippen LogP) is 0.575. The Kier molecular flexibility index (Phi) is 5.11. The first-order chi connectivity index (χ1) is 9.27. The predicted molar refractivity (Wildman–Crippen MR) is 64.9 cm³/mol. The summed E-state index contributed by atoms with van der Waals surface area (Å²) in [5, 5.41) is 10.5. The van der Waals surface area contributed by atoms with Gasteiger partial charge >= 0.3 is 5.97 Å². The summed E-state index contributed by atoms with van der Waals surface area (Å²) >= 11 is 0. The fraction of sp³-hybridized carbons (Fsp3) is 0.300. The summed E-state index contributed by atoms with van der Waals surface area (Å²) in [6.45, 7) is -0.308. The molecule has 0 radical (unpaired) electrons. The summed E-state index contributed by atoms with van der Waals surface area (Å²) in [5.74, 6) is -1.77. The Hall–Kier alpha value is -2.07. The van der Waals surface area contributed by atoms with E-state index in [-0.39, 0.29) is 13.0 Å². The Morgan fingerprint density at radius 3 is 2.70 bits per heavy atom. The van der Waals surface area contributed by atoms with Crippen molar-refractivity contribution in [3.8, 4) is 0 Å². The summed E-state index contributed by atoms with van der Waals surface area (Å²) in [4.78, 5) is 19.7. The van der Waals surface area contributed by atoms with Crippen LogP contribution in [0.2, 0.25) is 0 Å². The maximum atomic E-state index is 13.4. The molecule has 0 bridgehead atoms. The number of nitro groups is 1. The van der Waals surface area contributed by atoms with E-state index in [0.29, 0.717) is 12.1 Å². The Balaban J connectivity index is 2.94. The number of hydrogen-bond acceptors (Lipinski definition) is 6. The molecule has 1 rings (SSSR count). The van der Waals surface area contributed by atoms with Crippen LogP contribution in [-0.2, 0) is 19.6 Å². The molecule has 0 aliphatic heterocycles. The lowest BCUT2D eigenvalue weighted by Gasteiger charge is -2.07. The SMILES string of the molecule is COC(=O)CCNS(=O)(=O)c1cc([N+](=O)[O-])ccc1F. The van der Waals surface area contributed by atoms with Gasteiger partial charge in [0, 0.05) is 18.7 Å². The average molecular weight is 306 g/mol. The van der Waals surface area contributed by atoms with Crippen LogP contribution in [0.4, 0.5) is 10.1 Å². The monoisotopic (exact) mass is 306 g/mol. The van der Waals surface area contributed by atoms with Gasteiger partial charge in [0.1, 0.15) is 10.7 Å². The zero-order valence-corrected chi connectivity index (χ0v) is 11.1. The van der Waals surface area contributed by atoms with E-state index in [2.05, 4.69) is 4.74 Å². The van der Waals surface area contributed by atoms with Crippen LogP contribution in [0.25, 0.3) is 0 Å². The quantitative estimate of drug-likeness (QED) is 0.467. The van der Waals surface area contributed by atoms with E-state index in [4.69, 9.17) is 0 Å². The maximum absolute atomic E-state index is 13.4. The first-order valence-corrected chi connectivity index (χ1v) is 6.76. The molecule has 1 N–H and O–H groups in total. The number of ether oxygens (including phenoxy) is 1. The molecule has 0 unspecified atom stereocenters. The first kappa shape index (κ1) is 16.0. The third-order valence-corrected chi connectivity index (χ3v) is 3.74. The van der Waals surface area contributed by atoms with Crippen LogP contribution in [0.3, 0.4) is 0 Å². The smallest absolute Gasteiger partial charge is 0.306 e. The minimum atomic E-state index is -4.29. The number of carbonyl (C=O) groups excluding carboxylic acids is 1. The highest BCUT2D eigenvalue weighted by Gasteiger charge is 2.22. The van der Waals surface area contributed by atoms with Crippen molar-refractivity contribution < 1.29 is 27.3 Å². The third-order valence-electron chi connectivity index (χ3n) is 2.26. The average Bonchev–Trinajstić information content (AvgIpc) is 2.38. The van der Waals surface area contributed by atoms with E-state index in [1.165, 1.54) is 0 Å². The van der Waals surface area contributed by atoms with Crippen molar-refractivity contribution in [1.29, 1.82) is 0 Å². The Morgan fingerprint density at radius 2 is 2.15 bits per heavy atom. The molecule has 0 spiro atoms. The molecular formula is C10H11FN2O6S. The van der Waals surface area contributed by atoms with Gasteiger partial charge in [-0.3, -0.25) is 14.9 Å². The lowest BCUT2D eigenvalue weighted by Crippen LogP contribution is -2.27. The molecule has 10 heteroatoms. The van der Waals surface area contributed by atoms with E-state index in [1.807, 2.05) is 4.72 Å². The zero-order valence-electron chi connectivity index (χ0n) is 10.3. The van der Waals surface area contributed by atoms with Crippen molar-refractivity contribution in [3.05, 3.63) is 34.1 Å². The molecular weight excluding hydrogens is 295 g/mol. The lowest BCUT2D eigenvalue weighted by atomic mass is 10.3. The van der Waals surface area contributed by atoms with Gasteiger partial charge in [0.2, 0.25) is 10.0 Å². The van der Waals surface area contributed by atoms with E-state index in [0.717, 1.165) is 13.2 Å². The van der Waals surface area contributed by atoms with Crippen molar-refractivity contribution >= 4 is 21.7 Å². The van der Waals surface area contributed by atoms with Crippen LogP contribution in [0, 0.1) is 15.9 Å². The largest absolute Gasteiger partial charge is 0.469 e. The number of nitrogens with one attached hydrogen (secondary N) is 1. The minimum absolute atomic E-state index is 0.244. The van der Waals surface area contributed by atoms with Crippen LogP contribution in [0.15, 0.2) is 23.1 Å². The summed E-state index contributed by atoms with van der Waals surface area (Å²) in [5.41, 5.74) is -0.556. The highest BCUT2D eigenvalue weighted by atomic mass is 32.2. The van der Waals surface area contributed by atoms with Gasteiger partial charge in [-0.1, -0.05) is 0 Å². The highest BCUT2D eigenvalue weighted by Crippen LogP contribution is 2.20. The van der Waals surface area contributed by atoms with Crippen LogP contribution >= 0.6 is 0 Å². The van der Waals surface area contributed by atoms with E-state index in [9.17, 15) is 27.7 Å². The molecule has 110 valence electrons. The van der Waals surface area contributed by atoms with Crippen molar-refractivity contribution in [1.82, 2.24) is 4.72 Å². The first-order valence-electron chi connectivity index (χ1n) is 5.28. The second-order valence-corrected chi connectivity index (χ2v) is 5.33. The molecule has 0 aromatic heterocycles. The summed E-state index contributed by atoms with van der Waals surface area (Å²) in [6.07, 6.45) is -0.244. The van der Waals surface area contributed by atoms with Gasteiger partial charge in [0.25, 0.3) is 5.69 Å². The van der Waals surface area contributed by atoms with Gasteiger partial charge in [0.05, 0.1) is 18.5 Å². The minimum Gasteiger partial charge on any atom is -0.469 e. The number of halogens is 1. The van der Waals surface area contributed by atoms with Crippen molar-refractivity contribution in [2.75, 3.05) is 13.7 Å². The topological polar surface area (TPSA) is 116 Å². The number of esters is 1. The number of nitro benzene ring substituents is 1. The van der Waals surface area contributed by atoms with Crippen LogP contribution in [-0.4, -0.2) is 33.0 Å². The molecule has 0 amide bonds. The van der Waals surface area contributed by atoms with Crippen LogP contribution in [0.5, 0.6) is 0 Å². The highest BCUT2D eigenvalue weighted by molar-refractivity contribution is 7.89. The number of methoxy groups -OCH3 is 1. The number of benzene rings is 1. The molecule has 1 aromatic carbocycles. The molecule has 0 heterocycles. The zero-order chi connectivity index (χ0) is 15.3. The Morgan fingerprint density at radius 1 is 1.50 bits per heavy atom. The molecule has 0 aliphatic rings. The van der Waals surface area contributed by atoms with Crippen LogP contribution < -0.4 is 4.72 Å². The van der Waals surface area contributed by atoms with Gasteiger partial charge in [-0.05, 0) is 6.07 Å².